The molecule has 1 aliphatic heterocycles. The maximum atomic E-state index is 12.8. The summed E-state index contributed by atoms with van der Waals surface area (Å²) in [5.41, 5.74) is 5.71. The number of aromatic nitrogens is 5. The van der Waals surface area contributed by atoms with Crippen LogP contribution >= 0.6 is 0 Å². The van der Waals surface area contributed by atoms with Crippen LogP contribution in [0.4, 0.5) is 0 Å². The summed E-state index contributed by atoms with van der Waals surface area (Å²) in [6.45, 7) is 7.57. The van der Waals surface area contributed by atoms with E-state index < -0.39 is 0 Å². The van der Waals surface area contributed by atoms with Gasteiger partial charge in [-0.3, -0.25) is 19.6 Å². The van der Waals surface area contributed by atoms with Crippen LogP contribution in [0, 0.1) is 6.92 Å². The molecule has 0 aromatic carbocycles. The predicted molar refractivity (Wildman–Crippen MR) is 107 cm³/mol. The van der Waals surface area contributed by atoms with Crippen molar-refractivity contribution in [3.8, 4) is 11.1 Å². The Morgan fingerprint density at radius 2 is 2.07 bits per heavy atom. The summed E-state index contributed by atoms with van der Waals surface area (Å²) in [7, 11) is 1.92. The van der Waals surface area contributed by atoms with Crippen LogP contribution < -0.4 is 0 Å². The van der Waals surface area contributed by atoms with Crippen molar-refractivity contribution in [1.82, 2.24) is 29.9 Å². The van der Waals surface area contributed by atoms with Crippen LogP contribution in [-0.2, 0) is 7.05 Å². The summed E-state index contributed by atoms with van der Waals surface area (Å²) < 4.78 is 1.80. The van der Waals surface area contributed by atoms with Crippen LogP contribution in [0.5, 0.6) is 0 Å². The molecule has 0 saturated carbocycles. The van der Waals surface area contributed by atoms with Crippen LogP contribution in [0.3, 0.4) is 0 Å². The average Bonchev–Trinajstić information content (AvgIpc) is 3.40. The summed E-state index contributed by atoms with van der Waals surface area (Å²) >= 11 is 0. The standard InChI is InChI=1S/C21H26N6O/c1-13(2)18-9-20(25-24-18)21(28)27-6-5-15(12-27)19-8-16(7-14(3)23-19)17-10-22-26(4)11-17/h7-11,13,15H,5-6,12H2,1-4H3,(H,24,25)/t15-/m0/s1. The SMILES string of the molecule is Cc1cc(-c2cnn(C)c2)cc([C@H]2CCN(C(=O)c3cc(C(C)C)[nH]n3)C2)n1. The van der Waals surface area contributed by atoms with Crippen molar-refractivity contribution in [3.05, 3.63) is 53.4 Å². The zero-order valence-electron chi connectivity index (χ0n) is 16.8. The lowest BCUT2D eigenvalue weighted by Crippen LogP contribution is -2.28. The first kappa shape index (κ1) is 18.4. The number of hydrogen-bond acceptors (Lipinski definition) is 4. The van der Waals surface area contributed by atoms with Gasteiger partial charge in [-0.1, -0.05) is 13.8 Å². The first-order valence-corrected chi connectivity index (χ1v) is 9.73. The minimum absolute atomic E-state index is 0.00853. The molecule has 3 aromatic heterocycles. The van der Waals surface area contributed by atoms with Gasteiger partial charge in [0.2, 0.25) is 0 Å². The van der Waals surface area contributed by atoms with E-state index in [0.29, 0.717) is 18.2 Å². The highest BCUT2D eigenvalue weighted by Gasteiger charge is 2.30. The minimum Gasteiger partial charge on any atom is -0.337 e. The van der Waals surface area contributed by atoms with Gasteiger partial charge in [0.1, 0.15) is 5.69 Å². The number of rotatable bonds is 4. The quantitative estimate of drug-likeness (QED) is 0.756. The second-order valence-electron chi connectivity index (χ2n) is 7.92. The largest absolute Gasteiger partial charge is 0.337 e. The van der Waals surface area contributed by atoms with Gasteiger partial charge < -0.3 is 4.90 Å². The Bertz CT molecular complexity index is 1000. The Balaban J connectivity index is 1.52. The lowest BCUT2D eigenvalue weighted by molar-refractivity contribution is 0.0785. The number of aromatic amines is 1. The zero-order chi connectivity index (χ0) is 19.8. The number of amides is 1. The van der Waals surface area contributed by atoms with Crippen LogP contribution in [0.25, 0.3) is 11.1 Å². The fourth-order valence-corrected chi connectivity index (χ4v) is 3.73. The van der Waals surface area contributed by atoms with Crippen LogP contribution in [0.2, 0.25) is 0 Å². The highest BCUT2D eigenvalue weighted by atomic mass is 16.2. The Morgan fingerprint density at radius 3 is 2.75 bits per heavy atom. The molecule has 3 aromatic rings. The third kappa shape index (κ3) is 3.56. The van der Waals surface area contributed by atoms with Gasteiger partial charge in [0.25, 0.3) is 5.91 Å². The van der Waals surface area contributed by atoms with E-state index in [2.05, 4.69) is 41.3 Å². The maximum Gasteiger partial charge on any atom is 0.274 e. The number of carbonyl (C=O) groups excluding carboxylic acids is 1. The van der Waals surface area contributed by atoms with E-state index in [4.69, 9.17) is 4.98 Å². The Labute approximate surface area is 164 Å². The molecule has 0 spiro atoms. The van der Waals surface area contributed by atoms with E-state index in [1.54, 1.807) is 4.68 Å². The van der Waals surface area contributed by atoms with Crippen molar-refractivity contribution in [3.63, 3.8) is 0 Å². The summed E-state index contributed by atoms with van der Waals surface area (Å²) in [6.07, 6.45) is 4.79. The fraction of sp³-hybridized carbons (Fsp3) is 0.429. The molecule has 1 amide bonds. The third-order valence-electron chi connectivity index (χ3n) is 5.34. The normalized spacial score (nSPS) is 16.9. The summed E-state index contributed by atoms with van der Waals surface area (Å²) in [4.78, 5) is 19.5. The highest BCUT2D eigenvalue weighted by Crippen LogP contribution is 2.30. The molecule has 146 valence electrons. The van der Waals surface area contributed by atoms with E-state index >= 15 is 0 Å². The monoisotopic (exact) mass is 378 g/mol. The van der Waals surface area contributed by atoms with Gasteiger partial charge in [0.05, 0.1) is 6.20 Å². The van der Waals surface area contributed by atoms with Gasteiger partial charge in [0, 0.05) is 54.9 Å². The fourth-order valence-electron chi connectivity index (χ4n) is 3.73. The van der Waals surface area contributed by atoms with Crippen molar-refractivity contribution in [2.45, 2.75) is 39.0 Å². The van der Waals surface area contributed by atoms with Crippen molar-refractivity contribution in [2.24, 2.45) is 7.05 Å². The van der Waals surface area contributed by atoms with Gasteiger partial charge in [-0.25, -0.2) is 0 Å². The second kappa shape index (κ2) is 7.22. The van der Waals surface area contributed by atoms with E-state index in [0.717, 1.165) is 41.2 Å². The number of nitrogens with zero attached hydrogens (tertiary/aromatic N) is 5. The smallest absolute Gasteiger partial charge is 0.274 e. The van der Waals surface area contributed by atoms with E-state index in [1.807, 2.05) is 37.3 Å². The number of likely N-dealkylation sites (tertiary alicyclic amines) is 1. The predicted octanol–water partition coefficient (Wildman–Crippen LogP) is 3.27. The Hall–Kier alpha value is -2.96. The Kier molecular flexibility index (Phi) is 4.75. The molecule has 1 atom stereocenters. The highest BCUT2D eigenvalue weighted by molar-refractivity contribution is 5.92. The van der Waals surface area contributed by atoms with Crippen LogP contribution in [0.15, 0.2) is 30.6 Å². The molecule has 4 rings (SSSR count). The molecule has 0 radical (unpaired) electrons. The molecule has 4 heterocycles. The number of carbonyl (C=O) groups is 1. The van der Waals surface area contributed by atoms with Crippen molar-refractivity contribution in [2.75, 3.05) is 13.1 Å². The average molecular weight is 378 g/mol. The number of H-pyrrole nitrogens is 1. The molecular formula is C21H26N6O. The van der Waals surface area contributed by atoms with Gasteiger partial charge in [-0.05, 0) is 43.0 Å². The van der Waals surface area contributed by atoms with Crippen LogP contribution in [-0.4, -0.2) is 48.9 Å². The number of pyridine rings is 1. The zero-order valence-corrected chi connectivity index (χ0v) is 16.8. The first-order valence-electron chi connectivity index (χ1n) is 9.73. The van der Waals surface area contributed by atoms with E-state index in [1.165, 1.54) is 0 Å². The topological polar surface area (TPSA) is 79.7 Å². The molecule has 7 heteroatoms. The number of nitrogens with one attached hydrogen (secondary N) is 1. The van der Waals surface area contributed by atoms with E-state index in [9.17, 15) is 4.79 Å². The minimum atomic E-state index is -0.00853. The molecule has 1 aliphatic rings. The Morgan fingerprint density at radius 1 is 1.25 bits per heavy atom. The van der Waals surface area contributed by atoms with Gasteiger partial charge >= 0.3 is 0 Å². The van der Waals surface area contributed by atoms with Crippen molar-refractivity contribution < 1.29 is 4.79 Å². The summed E-state index contributed by atoms with van der Waals surface area (Å²) in [5.74, 6) is 0.552. The summed E-state index contributed by atoms with van der Waals surface area (Å²) in [5, 5.41) is 11.4. The second-order valence-corrected chi connectivity index (χ2v) is 7.92. The van der Waals surface area contributed by atoms with Crippen molar-refractivity contribution >= 4 is 5.91 Å². The molecule has 28 heavy (non-hydrogen) atoms. The van der Waals surface area contributed by atoms with Crippen molar-refractivity contribution in [1.29, 1.82) is 0 Å². The van der Waals surface area contributed by atoms with Crippen LogP contribution in [0.1, 0.15) is 59.7 Å². The molecule has 0 bridgehead atoms. The number of aryl methyl sites for hydroxylation is 2. The first-order chi connectivity index (χ1) is 13.4. The van der Waals surface area contributed by atoms with Gasteiger partial charge in [0.15, 0.2) is 0 Å². The lowest BCUT2D eigenvalue weighted by atomic mass is 10.00. The molecular weight excluding hydrogens is 352 g/mol. The van der Waals surface area contributed by atoms with E-state index in [-0.39, 0.29) is 11.8 Å². The van der Waals surface area contributed by atoms with Gasteiger partial charge in [-0.15, -0.1) is 0 Å². The summed E-state index contributed by atoms with van der Waals surface area (Å²) in [6, 6.07) is 6.08. The molecule has 1 N–H and O–H groups in total. The molecule has 0 aliphatic carbocycles. The number of hydrogen-bond donors (Lipinski definition) is 1. The lowest BCUT2D eigenvalue weighted by Gasteiger charge is -2.15. The molecule has 0 unspecified atom stereocenters. The molecule has 1 saturated heterocycles. The molecule has 7 nitrogen and oxygen atoms in total. The van der Waals surface area contributed by atoms with Gasteiger partial charge in [-0.2, -0.15) is 10.2 Å². The maximum absolute atomic E-state index is 12.8. The third-order valence-corrected chi connectivity index (χ3v) is 5.34. The molecule has 1 fully saturated rings.